The zero-order valence-corrected chi connectivity index (χ0v) is 13.4. The van der Waals surface area contributed by atoms with Crippen molar-refractivity contribution in [2.24, 2.45) is 0 Å². The Morgan fingerprint density at radius 3 is 2.50 bits per heavy atom. The van der Waals surface area contributed by atoms with Crippen LogP contribution in [0.2, 0.25) is 0 Å². The number of hydrogen-bond acceptors (Lipinski definition) is 2. The highest BCUT2D eigenvalue weighted by atomic mass is 79.9. The maximum atomic E-state index is 3.63. The summed E-state index contributed by atoms with van der Waals surface area (Å²) in [4.78, 5) is 2.84. The predicted molar refractivity (Wildman–Crippen MR) is 84.6 cm³/mol. The molecule has 0 aliphatic carbocycles. The third-order valence-corrected chi connectivity index (χ3v) is 4.79. The fourth-order valence-electron chi connectivity index (χ4n) is 2.02. The van der Waals surface area contributed by atoms with Gasteiger partial charge in [0.2, 0.25) is 0 Å². The first kappa shape index (κ1) is 13.6. The molecule has 1 aromatic carbocycles. The largest absolute Gasteiger partial charge is 0.379 e. The van der Waals surface area contributed by atoms with Crippen molar-refractivity contribution in [2.75, 3.05) is 5.32 Å². The smallest absolute Gasteiger partial charge is 0.0517 e. The molecule has 0 saturated heterocycles. The van der Waals surface area contributed by atoms with Crippen molar-refractivity contribution in [3.8, 4) is 0 Å². The highest BCUT2D eigenvalue weighted by Crippen LogP contribution is 2.29. The maximum Gasteiger partial charge on any atom is 0.0517 e. The molecule has 0 unspecified atom stereocenters. The van der Waals surface area contributed by atoms with Gasteiger partial charge >= 0.3 is 0 Å². The molecule has 1 N–H and O–H groups in total. The topological polar surface area (TPSA) is 12.0 Å². The van der Waals surface area contributed by atoms with E-state index in [9.17, 15) is 0 Å². The number of halogens is 1. The summed E-state index contributed by atoms with van der Waals surface area (Å²) in [6.45, 7) is 7.36. The van der Waals surface area contributed by atoms with E-state index in [0.29, 0.717) is 0 Å². The first-order valence-corrected chi connectivity index (χ1v) is 7.79. The summed E-state index contributed by atoms with van der Waals surface area (Å²) in [6, 6.07) is 8.80. The Hall–Kier alpha value is -0.800. The lowest BCUT2D eigenvalue weighted by Crippen LogP contribution is -2.00. The first-order valence-electron chi connectivity index (χ1n) is 6.18. The van der Waals surface area contributed by atoms with Crippen molar-refractivity contribution in [1.29, 1.82) is 0 Å². The van der Waals surface area contributed by atoms with Crippen molar-refractivity contribution in [2.45, 2.75) is 33.7 Å². The lowest BCUT2D eigenvalue weighted by molar-refractivity contribution is 1.17. The lowest BCUT2D eigenvalue weighted by Gasteiger charge is -2.12. The van der Waals surface area contributed by atoms with Gasteiger partial charge in [0, 0.05) is 20.8 Å². The molecule has 0 amide bonds. The molecule has 3 heteroatoms. The molecule has 18 heavy (non-hydrogen) atoms. The molecule has 0 fully saturated rings. The molecule has 2 rings (SSSR count). The first-order chi connectivity index (χ1) is 8.60. The second kappa shape index (κ2) is 5.89. The van der Waals surface area contributed by atoms with Crippen molar-refractivity contribution >= 4 is 33.0 Å². The molecule has 0 bridgehead atoms. The van der Waals surface area contributed by atoms with Crippen molar-refractivity contribution in [1.82, 2.24) is 0 Å². The van der Waals surface area contributed by atoms with Crippen LogP contribution in [-0.4, -0.2) is 0 Å². The van der Waals surface area contributed by atoms with Gasteiger partial charge in [0.05, 0.1) is 5.69 Å². The standard InChI is InChI=1S/C15H18BrNS/c1-4-12-5-6-13(18-12)9-17-15-11(3)7-10(2)8-14(15)16/h5-8,17H,4,9H2,1-3H3. The van der Waals surface area contributed by atoms with Crippen molar-refractivity contribution in [3.05, 3.63) is 49.6 Å². The second-order valence-corrected chi connectivity index (χ2v) is 6.62. The van der Waals surface area contributed by atoms with E-state index >= 15 is 0 Å². The average Bonchev–Trinajstić information content (AvgIpc) is 2.75. The van der Waals surface area contributed by atoms with Gasteiger partial charge in [0.15, 0.2) is 0 Å². The molecular weight excluding hydrogens is 306 g/mol. The number of rotatable bonds is 4. The third kappa shape index (κ3) is 3.15. The molecule has 0 aliphatic heterocycles. The third-order valence-electron chi connectivity index (χ3n) is 2.94. The fraction of sp³-hybridized carbons (Fsp3) is 0.333. The van der Waals surface area contributed by atoms with Gasteiger partial charge in [-0.2, -0.15) is 0 Å². The molecule has 0 atom stereocenters. The van der Waals surface area contributed by atoms with E-state index in [1.807, 2.05) is 11.3 Å². The number of hydrogen-bond donors (Lipinski definition) is 1. The minimum Gasteiger partial charge on any atom is -0.379 e. The number of aryl methyl sites for hydroxylation is 3. The van der Waals surface area contributed by atoms with Gasteiger partial charge in [0.1, 0.15) is 0 Å². The van der Waals surface area contributed by atoms with Crippen LogP contribution in [0.4, 0.5) is 5.69 Å². The Bertz CT molecular complexity index is 522. The summed E-state index contributed by atoms with van der Waals surface area (Å²) < 4.78 is 1.15. The molecule has 0 saturated carbocycles. The van der Waals surface area contributed by atoms with Crippen LogP contribution >= 0.6 is 27.3 Å². The van der Waals surface area contributed by atoms with E-state index in [0.717, 1.165) is 17.4 Å². The zero-order valence-electron chi connectivity index (χ0n) is 11.0. The highest BCUT2D eigenvalue weighted by molar-refractivity contribution is 9.10. The number of anilines is 1. The average molecular weight is 324 g/mol. The second-order valence-electron chi connectivity index (χ2n) is 4.51. The van der Waals surface area contributed by atoms with Crippen LogP contribution in [0.3, 0.4) is 0 Å². The van der Waals surface area contributed by atoms with E-state index in [4.69, 9.17) is 0 Å². The van der Waals surface area contributed by atoms with Gasteiger partial charge in [-0.1, -0.05) is 13.0 Å². The summed E-state index contributed by atoms with van der Waals surface area (Å²) in [5.74, 6) is 0. The Kier molecular flexibility index (Phi) is 4.46. The molecule has 1 aromatic heterocycles. The lowest BCUT2D eigenvalue weighted by atomic mass is 10.1. The van der Waals surface area contributed by atoms with Gasteiger partial charge in [-0.25, -0.2) is 0 Å². The molecule has 1 heterocycles. The van der Waals surface area contributed by atoms with Crippen molar-refractivity contribution in [3.63, 3.8) is 0 Å². The van der Waals surface area contributed by atoms with E-state index in [-0.39, 0.29) is 0 Å². The Morgan fingerprint density at radius 1 is 1.17 bits per heavy atom. The predicted octanol–water partition coefficient (Wildman–Crippen LogP) is 5.30. The number of nitrogens with one attached hydrogen (secondary N) is 1. The van der Waals surface area contributed by atoms with Gasteiger partial charge in [-0.3, -0.25) is 0 Å². The fourth-order valence-corrected chi connectivity index (χ4v) is 3.73. The molecular formula is C15H18BrNS. The van der Waals surface area contributed by atoms with Gasteiger partial charge in [0.25, 0.3) is 0 Å². The van der Waals surface area contributed by atoms with Crippen LogP contribution in [0, 0.1) is 13.8 Å². The van der Waals surface area contributed by atoms with E-state index in [2.05, 4.69) is 66.3 Å². The summed E-state index contributed by atoms with van der Waals surface area (Å²) >= 11 is 5.52. The number of thiophene rings is 1. The zero-order chi connectivity index (χ0) is 13.1. The van der Waals surface area contributed by atoms with Gasteiger partial charge < -0.3 is 5.32 Å². The van der Waals surface area contributed by atoms with Crippen LogP contribution in [0.25, 0.3) is 0 Å². The van der Waals surface area contributed by atoms with Crippen LogP contribution in [-0.2, 0) is 13.0 Å². The van der Waals surface area contributed by atoms with Gasteiger partial charge in [-0.05, 0) is 65.5 Å². The van der Waals surface area contributed by atoms with E-state index in [1.54, 1.807) is 0 Å². The Labute approximate surface area is 121 Å². The minimum atomic E-state index is 0.896. The molecule has 0 spiro atoms. The normalized spacial score (nSPS) is 10.7. The monoisotopic (exact) mass is 323 g/mol. The van der Waals surface area contributed by atoms with E-state index < -0.39 is 0 Å². The van der Waals surface area contributed by atoms with Gasteiger partial charge in [-0.15, -0.1) is 11.3 Å². The summed E-state index contributed by atoms with van der Waals surface area (Å²) in [5.41, 5.74) is 3.77. The molecule has 0 radical (unpaired) electrons. The number of benzene rings is 1. The molecule has 96 valence electrons. The Balaban J connectivity index is 2.10. The van der Waals surface area contributed by atoms with Crippen LogP contribution in [0.1, 0.15) is 27.8 Å². The van der Waals surface area contributed by atoms with E-state index in [1.165, 1.54) is 26.6 Å². The molecule has 1 nitrogen and oxygen atoms in total. The maximum absolute atomic E-state index is 3.63. The quantitative estimate of drug-likeness (QED) is 0.804. The summed E-state index contributed by atoms with van der Waals surface area (Å²) in [7, 11) is 0. The van der Waals surface area contributed by atoms with Crippen LogP contribution in [0.15, 0.2) is 28.7 Å². The van der Waals surface area contributed by atoms with Crippen molar-refractivity contribution < 1.29 is 0 Å². The SMILES string of the molecule is CCc1ccc(CNc2c(C)cc(C)cc2Br)s1. The molecule has 0 aliphatic rings. The Morgan fingerprint density at radius 2 is 1.89 bits per heavy atom. The minimum absolute atomic E-state index is 0.896. The van der Waals surface area contributed by atoms with Crippen LogP contribution in [0.5, 0.6) is 0 Å². The summed E-state index contributed by atoms with van der Waals surface area (Å²) in [6.07, 6.45) is 1.12. The highest BCUT2D eigenvalue weighted by Gasteiger charge is 2.05. The molecule has 2 aromatic rings. The van der Waals surface area contributed by atoms with Crippen LogP contribution < -0.4 is 5.32 Å². The summed E-state index contributed by atoms with van der Waals surface area (Å²) in [5, 5.41) is 3.53.